The highest BCUT2D eigenvalue weighted by atomic mass is 16.5. The molecule has 1 aliphatic heterocycles. The molecule has 1 atom stereocenters. The zero-order valence-electron chi connectivity index (χ0n) is 18.8. The number of nitrogens with two attached hydrogens (primary N) is 1. The van der Waals surface area contributed by atoms with E-state index in [2.05, 4.69) is 6.92 Å². The number of benzene rings is 2. The molecular formula is C27H29NO5. The number of allylic oxidation sites excluding steroid dienone is 2. The molecule has 2 N–H and O–H groups in total. The Balaban J connectivity index is 1.72. The van der Waals surface area contributed by atoms with Crippen molar-refractivity contribution in [2.75, 3.05) is 6.61 Å². The molecule has 172 valence electrons. The van der Waals surface area contributed by atoms with Gasteiger partial charge in [-0.15, -0.1) is 0 Å². The number of ether oxygens (including phenoxy) is 3. The van der Waals surface area contributed by atoms with Gasteiger partial charge in [0.05, 0.1) is 12.5 Å². The van der Waals surface area contributed by atoms with Gasteiger partial charge in [0.15, 0.2) is 5.78 Å². The van der Waals surface area contributed by atoms with E-state index in [9.17, 15) is 9.59 Å². The molecule has 0 aromatic heterocycles. The van der Waals surface area contributed by atoms with Crippen LogP contribution in [-0.2, 0) is 25.7 Å². The summed E-state index contributed by atoms with van der Waals surface area (Å²) in [6.07, 6.45) is 3.60. The Labute approximate surface area is 194 Å². The molecule has 0 amide bonds. The van der Waals surface area contributed by atoms with Gasteiger partial charge in [-0.05, 0) is 24.5 Å². The normalized spacial score (nSPS) is 18.0. The summed E-state index contributed by atoms with van der Waals surface area (Å²) in [6.45, 7) is 2.73. The van der Waals surface area contributed by atoms with E-state index in [1.807, 2.05) is 54.6 Å². The van der Waals surface area contributed by atoms with Gasteiger partial charge in [0.1, 0.15) is 23.7 Å². The molecule has 1 aliphatic carbocycles. The molecule has 0 bridgehead atoms. The van der Waals surface area contributed by atoms with Crippen molar-refractivity contribution in [3.8, 4) is 5.75 Å². The topological polar surface area (TPSA) is 87.8 Å². The first-order valence-electron chi connectivity index (χ1n) is 11.5. The van der Waals surface area contributed by atoms with Crippen molar-refractivity contribution in [2.24, 2.45) is 5.73 Å². The lowest BCUT2D eigenvalue weighted by Crippen LogP contribution is -2.31. The predicted octanol–water partition coefficient (Wildman–Crippen LogP) is 4.90. The second-order valence-electron chi connectivity index (χ2n) is 8.23. The van der Waals surface area contributed by atoms with Gasteiger partial charge in [-0.1, -0.05) is 61.9 Å². The molecule has 2 aromatic carbocycles. The highest BCUT2D eigenvalue weighted by Crippen LogP contribution is 2.46. The summed E-state index contributed by atoms with van der Waals surface area (Å²) in [5, 5.41) is 0. The Hall–Kier alpha value is -3.54. The molecule has 0 unspecified atom stereocenters. The van der Waals surface area contributed by atoms with Gasteiger partial charge in [-0.2, -0.15) is 0 Å². The maximum absolute atomic E-state index is 13.3. The fourth-order valence-electron chi connectivity index (χ4n) is 4.24. The number of hydrogen-bond donors (Lipinski definition) is 1. The summed E-state index contributed by atoms with van der Waals surface area (Å²) in [7, 11) is 0. The second-order valence-corrected chi connectivity index (χ2v) is 8.23. The van der Waals surface area contributed by atoms with Crippen molar-refractivity contribution in [3.63, 3.8) is 0 Å². The number of esters is 1. The average Bonchev–Trinajstić information content (AvgIpc) is 2.83. The number of Topliss-reactive ketones (excluding diaryl/α,β-unsaturated/α-hetero) is 1. The molecule has 2 aromatic rings. The molecule has 6 heteroatoms. The van der Waals surface area contributed by atoms with E-state index in [4.69, 9.17) is 19.9 Å². The molecular weight excluding hydrogens is 418 g/mol. The van der Waals surface area contributed by atoms with Gasteiger partial charge >= 0.3 is 5.97 Å². The Morgan fingerprint density at radius 3 is 2.64 bits per heavy atom. The maximum atomic E-state index is 13.3. The van der Waals surface area contributed by atoms with E-state index in [1.54, 1.807) is 0 Å². The Morgan fingerprint density at radius 1 is 1.09 bits per heavy atom. The van der Waals surface area contributed by atoms with Crippen molar-refractivity contribution in [2.45, 2.75) is 51.6 Å². The van der Waals surface area contributed by atoms with E-state index in [1.165, 1.54) is 0 Å². The molecule has 2 aliphatic rings. The molecule has 0 fully saturated rings. The number of rotatable bonds is 8. The first kappa shape index (κ1) is 22.6. The molecule has 4 rings (SSSR count). The average molecular weight is 448 g/mol. The third-order valence-electron chi connectivity index (χ3n) is 5.90. The lowest BCUT2D eigenvalue weighted by Gasteiger charge is -2.33. The van der Waals surface area contributed by atoms with Gasteiger partial charge in [0.25, 0.3) is 0 Å². The number of hydrogen-bond acceptors (Lipinski definition) is 6. The van der Waals surface area contributed by atoms with Crippen LogP contribution < -0.4 is 10.5 Å². The molecule has 1 heterocycles. The predicted molar refractivity (Wildman–Crippen MR) is 124 cm³/mol. The number of para-hydroxylation sites is 1. The largest absolute Gasteiger partial charge is 0.493 e. The van der Waals surface area contributed by atoms with Crippen LogP contribution in [0.5, 0.6) is 5.75 Å². The minimum absolute atomic E-state index is 0.0186. The summed E-state index contributed by atoms with van der Waals surface area (Å²) >= 11 is 0. The van der Waals surface area contributed by atoms with E-state index >= 15 is 0 Å². The molecule has 6 nitrogen and oxygen atoms in total. The minimum atomic E-state index is -0.692. The Morgan fingerprint density at radius 2 is 1.85 bits per heavy atom. The molecule has 0 radical (unpaired) electrons. The quantitative estimate of drug-likeness (QED) is 0.457. The molecule has 0 spiro atoms. The van der Waals surface area contributed by atoms with Crippen LogP contribution >= 0.6 is 0 Å². The fourth-order valence-corrected chi connectivity index (χ4v) is 4.24. The summed E-state index contributed by atoms with van der Waals surface area (Å²) in [4.78, 5) is 26.3. The summed E-state index contributed by atoms with van der Waals surface area (Å²) in [5.41, 5.74) is 8.47. The van der Waals surface area contributed by atoms with Crippen LogP contribution in [0.4, 0.5) is 0 Å². The smallest absolute Gasteiger partial charge is 0.340 e. The first-order valence-corrected chi connectivity index (χ1v) is 11.5. The van der Waals surface area contributed by atoms with Crippen LogP contribution in [0, 0.1) is 0 Å². The van der Waals surface area contributed by atoms with Crippen LogP contribution in [0.2, 0.25) is 0 Å². The van der Waals surface area contributed by atoms with Crippen molar-refractivity contribution in [1.82, 2.24) is 0 Å². The number of ketones is 1. The van der Waals surface area contributed by atoms with Crippen LogP contribution in [0.3, 0.4) is 0 Å². The monoisotopic (exact) mass is 447 g/mol. The van der Waals surface area contributed by atoms with Crippen molar-refractivity contribution >= 4 is 11.8 Å². The fraction of sp³-hybridized carbons (Fsp3) is 0.333. The second kappa shape index (κ2) is 10.4. The van der Waals surface area contributed by atoms with Crippen LogP contribution in [0.1, 0.15) is 56.1 Å². The number of carbonyl (C=O) groups is 2. The standard InChI is InChI=1S/C27H29NO5/c1-2-3-16-31-21-14-8-7-12-19(21)23-24-20(29)13-9-15-22(24)33-26(28)25(23)27(30)32-17-18-10-5-4-6-11-18/h4-8,10-12,14,23H,2-3,9,13,15-17,28H2,1H3/t23-/m1/s1. The summed E-state index contributed by atoms with van der Waals surface area (Å²) in [6, 6.07) is 16.9. The zero-order chi connectivity index (χ0) is 23.2. The third-order valence-corrected chi connectivity index (χ3v) is 5.90. The van der Waals surface area contributed by atoms with Crippen LogP contribution in [-0.4, -0.2) is 18.4 Å². The van der Waals surface area contributed by atoms with Gasteiger partial charge < -0.3 is 19.9 Å². The lowest BCUT2D eigenvalue weighted by atomic mass is 9.77. The zero-order valence-corrected chi connectivity index (χ0v) is 18.8. The van der Waals surface area contributed by atoms with Crippen molar-refractivity contribution in [1.29, 1.82) is 0 Å². The van der Waals surface area contributed by atoms with E-state index in [0.717, 1.165) is 18.4 Å². The first-order chi connectivity index (χ1) is 16.1. The molecule has 0 saturated carbocycles. The SMILES string of the molecule is CCCCOc1ccccc1[C@H]1C(C(=O)OCc2ccccc2)=C(N)OC2=C1C(=O)CCC2. The van der Waals surface area contributed by atoms with Gasteiger partial charge in [0.2, 0.25) is 5.88 Å². The maximum Gasteiger partial charge on any atom is 0.340 e. The Bertz CT molecular complexity index is 1090. The highest BCUT2D eigenvalue weighted by Gasteiger charge is 2.42. The molecule has 33 heavy (non-hydrogen) atoms. The van der Waals surface area contributed by atoms with Crippen molar-refractivity contribution in [3.05, 3.63) is 88.5 Å². The number of carbonyl (C=O) groups excluding carboxylic acids is 2. The summed E-state index contributed by atoms with van der Waals surface area (Å²) in [5.74, 6) is -0.182. The van der Waals surface area contributed by atoms with Crippen LogP contribution in [0.25, 0.3) is 0 Å². The molecule has 0 saturated heterocycles. The van der Waals surface area contributed by atoms with Gasteiger partial charge in [0, 0.05) is 24.0 Å². The number of unbranched alkanes of at least 4 members (excludes halogenated alkanes) is 1. The van der Waals surface area contributed by atoms with E-state index in [0.29, 0.717) is 48.5 Å². The highest BCUT2D eigenvalue weighted by molar-refractivity contribution is 6.03. The van der Waals surface area contributed by atoms with Gasteiger partial charge in [-0.25, -0.2) is 4.79 Å². The minimum Gasteiger partial charge on any atom is -0.493 e. The van der Waals surface area contributed by atoms with Crippen molar-refractivity contribution < 1.29 is 23.8 Å². The van der Waals surface area contributed by atoms with Gasteiger partial charge in [-0.3, -0.25) is 4.79 Å². The van der Waals surface area contributed by atoms with Crippen LogP contribution in [0.15, 0.2) is 77.4 Å². The van der Waals surface area contributed by atoms with E-state index < -0.39 is 11.9 Å². The lowest BCUT2D eigenvalue weighted by molar-refractivity contribution is -0.141. The van der Waals surface area contributed by atoms with E-state index in [-0.39, 0.29) is 23.8 Å². The Kier molecular flexibility index (Phi) is 7.13. The third kappa shape index (κ3) is 4.95. The summed E-state index contributed by atoms with van der Waals surface area (Å²) < 4.78 is 17.5.